The zero-order valence-electron chi connectivity index (χ0n) is 20.7. The number of anilines is 1. The van der Waals surface area contributed by atoms with Gasteiger partial charge in [0.05, 0.1) is 19.1 Å². The summed E-state index contributed by atoms with van der Waals surface area (Å²) in [5.74, 6) is 0.838. The van der Waals surface area contributed by atoms with Gasteiger partial charge in [0.15, 0.2) is 11.5 Å². The third kappa shape index (κ3) is 4.20. The van der Waals surface area contributed by atoms with E-state index >= 15 is 0 Å². The molecule has 0 fully saturated rings. The Morgan fingerprint density at radius 3 is 2.63 bits per heavy atom. The summed E-state index contributed by atoms with van der Waals surface area (Å²) in [6.45, 7) is 0.456. The van der Waals surface area contributed by atoms with Crippen molar-refractivity contribution in [3.05, 3.63) is 114 Å². The third-order valence-electron chi connectivity index (χ3n) is 6.91. The Morgan fingerprint density at radius 2 is 1.84 bits per heavy atom. The standard InChI is InChI=1S/C30H25N3O5/c1-36-22-11-8-19(9-12-22)16-32-29(34)27-23-6-2-3-7-24(23)30(35)33(28(27)20-5-4-14-31-17-20)21-10-13-25-26(15-21)38-18-37-25/h2-15,17,27-28H,16,18H2,1H3,(H,32,34)/t27-,28-/m1/s1. The number of aromatic nitrogens is 1. The summed E-state index contributed by atoms with van der Waals surface area (Å²) in [7, 11) is 1.61. The molecule has 38 heavy (non-hydrogen) atoms. The fourth-order valence-electron chi connectivity index (χ4n) is 5.07. The lowest BCUT2D eigenvalue weighted by molar-refractivity contribution is -0.123. The quantitative estimate of drug-likeness (QED) is 0.410. The first-order valence-electron chi connectivity index (χ1n) is 12.3. The molecule has 2 atom stereocenters. The van der Waals surface area contributed by atoms with Crippen molar-refractivity contribution >= 4 is 17.5 Å². The number of pyridine rings is 1. The summed E-state index contributed by atoms with van der Waals surface area (Å²) in [6, 6.07) is 23.3. The molecule has 0 saturated carbocycles. The van der Waals surface area contributed by atoms with E-state index in [1.54, 1.807) is 42.6 Å². The zero-order chi connectivity index (χ0) is 26.1. The highest BCUT2D eigenvalue weighted by atomic mass is 16.7. The second kappa shape index (κ2) is 9.89. The Bertz CT molecular complexity index is 1490. The summed E-state index contributed by atoms with van der Waals surface area (Å²) in [5.41, 5.74) is 3.45. The predicted octanol–water partition coefficient (Wildman–Crippen LogP) is 4.62. The number of fused-ring (bicyclic) bond motifs is 2. The zero-order valence-corrected chi connectivity index (χ0v) is 20.7. The molecule has 2 amide bonds. The van der Waals surface area contributed by atoms with Crippen LogP contribution in [0.4, 0.5) is 5.69 Å². The molecule has 0 radical (unpaired) electrons. The molecule has 8 nitrogen and oxygen atoms in total. The van der Waals surface area contributed by atoms with Crippen LogP contribution in [0.15, 0.2) is 91.3 Å². The van der Waals surface area contributed by atoms with E-state index in [0.29, 0.717) is 34.9 Å². The molecule has 1 N–H and O–H groups in total. The van der Waals surface area contributed by atoms with Crippen LogP contribution in [0.5, 0.6) is 17.2 Å². The third-order valence-corrected chi connectivity index (χ3v) is 6.91. The van der Waals surface area contributed by atoms with Crippen LogP contribution < -0.4 is 24.4 Å². The molecule has 1 aromatic heterocycles. The Kier molecular flexibility index (Phi) is 6.13. The number of nitrogens with zero attached hydrogens (tertiary/aromatic N) is 2. The number of ether oxygens (including phenoxy) is 3. The van der Waals surface area contributed by atoms with Crippen molar-refractivity contribution in [2.24, 2.45) is 0 Å². The van der Waals surface area contributed by atoms with Crippen molar-refractivity contribution in [2.75, 3.05) is 18.8 Å². The highest BCUT2D eigenvalue weighted by molar-refractivity contribution is 6.11. The first-order chi connectivity index (χ1) is 18.6. The molecule has 2 aliphatic rings. The highest BCUT2D eigenvalue weighted by Gasteiger charge is 2.45. The summed E-state index contributed by atoms with van der Waals surface area (Å²) >= 11 is 0. The van der Waals surface area contributed by atoms with E-state index in [2.05, 4.69) is 10.3 Å². The largest absolute Gasteiger partial charge is 0.497 e. The molecule has 3 aromatic carbocycles. The molecule has 6 rings (SSSR count). The van der Waals surface area contributed by atoms with E-state index in [1.165, 1.54) is 0 Å². The summed E-state index contributed by atoms with van der Waals surface area (Å²) in [6.07, 6.45) is 3.38. The van der Waals surface area contributed by atoms with E-state index < -0.39 is 12.0 Å². The molecule has 0 spiro atoms. The van der Waals surface area contributed by atoms with Gasteiger partial charge in [-0.3, -0.25) is 19.5 Å². The van der Waals surface area contributed by atoms with Crippen LogP contribution in [-0.4, -0.2) is 30.7 Å². The van der Waals surface area contributed by atoms with Gasteiger partial charge in [-0.05, 0) is 53.1 Å². The average Bonchev–Trinajstić information content (AvgIpc) is 3.44. The fourth-order valence-corrected chi connectivity index (χ4v) is 5.07. The highest BCUT2D eigenvalue weighted by Crippen LogP contribution is 2.46. The van der Waals surface area contributed by atoms with Crippen LogP contribution in [0, 0.1) is 0 Å². The van der Waals surface area contributed by atoms with Gasteiger partial charge in [0, 0.05) is 36.3 Å². The topological polar surface area (TPSA) is 90.0 Å². The summed E-state index contributed by atoms with van der Waals surface area (Å²) in [4.78, 5) is 33.9. The number of nitrogens with one attached hydrogen (secondary N) is 1. The maximum atomic E-state index is 14.0. The molecule has 3 heterocycles. The number of amides is 2. The monoisotopic (exact) mass is 507 g/mol. The first-order valence-corrected chi connectivity index (χ1v) is 12.3. The number of hydrogen-bond donors (Lipinski definition) is 1. The van der Waals surface area contributed by atoms with E-state index in [4.69, 9.17) is 14.2 Å². The molecular weight excluding hydrogens is 482 g/mol. The lowest BCUT2D eigenvalue weighted by Gasteiger charge is -2.41. The van der Waals surface area contributed by atoms with Gasteiger partial charge in [0.2, 0.25) is 12.7 Å². The Morgan fingerprint density at radius 1 is 1.03 bits per heavy atom. The van der Waals surface area contributed by atoms with Gasteiger partial charge in [-0.1, -0.05) is 36.4 Å². The van der Waals surface area contributed by atoms with Crippen molar-refractivity contribution < 1.29 is 23.8 Å². The Balaban J connectivity index is 1.43. The van der Waals surface area contributed by atoms with Gasteiger partial charge in [-0.15, -0.1) is 0 Å². The van der Waals surface area contributed by atoms with Crippen LogP contribution in [0.25, 0.3) is 0 Å². The molecule has 2 aliphatic heterocycles. The molecule has 0 unspecified atom stereocenters. The van der Waals surface area contributed by atoms with Gasteiger partial charge in [0.25, 0.3) is 5.91 Å². The average molecular weight is 508 g/mol. The molecule has 0 bridgehead atoms. The van der Waals surface area contributed by atoms with Crippen molar-refractivity contribution in [1.82, 2.24) is 10.3 Å². The van der Waals surface area contributed by atoms with Crippen molar-refractivity contribution in [2.45, 2.75) is 18.5 Å². The maximum Gasteiger partial charge on any atom is 0.259 e. The van der Waals surface area contributed by atoms with Crippen LogP contribution in [0.1, 0.15) is 39.0 Å². The molecule has 0 saturated heterocycles. The van der Waals surface area contributed by atoms with Gasteiger partial charge in [0.1, 0.15) is 5.75 Å². The molecule has 0 aliphatic carbocycles. The van der Waals surface area contributed by atoms with Gasteiger partial charge in [-0.25, -0.2) is 0 Å². The van der Waals surface area contributed by atoms with Crippen molar-refractivity contribution in [3.63, 3.8) is 0 Å². The lowest BCUT2D eigenvalue weighted by atomic mass is 9.79. The molecule has 4 aromatic rings. The van der Waals surface area contributed by atoms with E-state index in [1.807, 2.05) is 60.7 Å². The Labute approximate surface area is 219 Å². The minimum atomic E-state index is -0.684. The number of hydrogen-bond acceptors (Lipinski definition) is 6. The van der Waals surface area contributed by atoms with E-state index in [9.17, 15) is 9.59 Å². The number of carbonyl (C=O) groups is 2. The van der Waals surface area contributed by atoms with E-state index in [-0.39, 0.29) is 18.6 Å². The van der Waals surface area contributed by atoms with E-state index in [0.717, 1.165) is 16.9 Å². The number of benzene rings is 3. The molecule has 190 valence electrons. The number of methoxy groups -OCH3 is 1. The maximum absolute atomic E-state index is 14.0. The SMILES string of the molecule is COc1ccc(CNC(=O)[C@@H]2c3ccccc3C(=O)N(c3ccc4c(c3)OCO4)[C@@H]2c2cccnc2)cc1. The lowest BCUT2D eigenvalue weighted by Crippen LogP contribution is -2.47. The number of rotatable bonds is 6. The molecular formula is C30H25N3O5. The summed E-state index contributed by atoms with van der Waals surface area (Å²) < 4.78 is 16.3. The smallest absolute Gasteiger partial charge is 0.259 e. The summed E-state index contributed by atoms with van der Waals surface area (Å²) in [5, 5.41) is 3.09. The second-order valence-electron chi connectivity index (χ2n) is 9.07. The first kappa shape index (κ1) is 23.5. The van der Waals surface area contributed by atoms with Crippen molar-refractivity contribution in [3.8, 4) is 17.2 Å². The number of carbonyl (C=O) groups excluding carboxylic acids is 2. The minimum Gasteiger partial charge on any atom is -0.497 e. The van der Waals surface area contributed by atoms with Crippen LogP contribution in [-0.2, 0) is 11.3 Å². The predicted molar refractivity (Wildman–Crippen MR) is 140 cm³/mol. The van der Waals surface area contributed by atoms with Gasteiger partial charge in [-0.2, -0.15) is 0 Å². The van der Waals surface area contributed by atoms with Gasteiger partial charge >= 0.3 is 0 Å². The van der Waals surface area contributed by atoms with Crippen LogP contribution >= 0.6 is 0 Å². The van der Waals surface area contributed by atoms with Crippen LogP contribution in [0.3, 0.4) is 0 Å². The Hall–Kier alpha value is -4.85. The molecule has 8 heteroatoms. The van der Waals surface area contributed by atoms with Crippen LogP contribution in [0.2, 0.25) is 0 Å². The minimum absolute atomic E-state index is 0.123. The van der Waals surface area contributed by atoms with Gasteiger partial charge < -0.3 is 19.5 Å². The second-order valence-corrected chi connectivity index (χ2v) is 9.07. The normalized spacial score (nSPS) is 17.6. The fraction of sp³-hybridized carbons (Fsp3) is 0.167. The van der Waals surface area contributed by atoms with Crippen molar-refractivity contribution in [1.29, 1.82) is 0 Å².